The molecule has 0 aliphatic heterocycles. The quantitative estimate of drug-likeness (QED) is 0.199. The molecule has 0 aliphatic rings. The lowest BCUT2D eigenvalue weighted by Gasteiger charge is -2.10. The number of benzene rings is 7. The van der Waals surface area contributed by atoms with Crippen molar-refractivity contribution < 1.29 is 0 Å². The summed E-state index contributed by atoms with van der Waals surface area (Å²) in [6.07, 6.45) is 0. The summed E-state index contributed by atoms with van der Waals surface area (Å²) in [6.45, 7) is 0. The Morgan fingerprint density at radius 2 is 0.844 bits per heavy atom. The second-order valence-corrected chi connectivity index (χ2v) is 11.4. The molecule has 0 aliphatic carbocycles. The Labute approximate surface area is 266 Å². The Morgan fingerprint density at radius 1 is 0.333 bits per heavy atom. The van der Waals surface area contributed by atoms with Gasteiger partial charge < -0.3 is 0 Å². The summed E-state index contributed by atoms with van der Waals surface area (Å²) in [5, 5.41) is 4.96. The van der Waals surface area contributed by atoms with Gasteiger partial charge in [0.15, 0.2) is 11.6 Å². The van der Waals surface area contributed by atoms with Crippen LogP contribution in [-0.4, -0.2) is 15.0 Å². The Hall–Kier alpha value is -5.64. The van der Waals surface area contributed by atoms with Gasteiger partial charge in [-0.3, -0.25) is 0 Å². The molecule has 1 heterocycles. The largest absolute Gasteiger partial charge is 0.226 e. The third-order valence-electron chi connectivity index (χ3n) is 8.23. The first-order valence-electron chi connectivity index (χ1n) is 14.9. The Bertz CT molecular complexity index is 2340. The van der Waals surface area contributed by atoms with Crippen LogP contribution in [0.4, 0.5) is 0 Å². The van der Waals surface area contributed by atoms with E-state index in [1.807, 2.05) is 30.3 Å². The second-order valence-electron chi connectivity index (χ2n) is 11.1. The molecule has 0 radical (unpaired) electrons. The minimum absolute atomic E-state index is 0.163. The molecule has 0 amide bonds. The van der Waals surface area contributed by atoms with Crippen molar-refractivity contribution in [3.63, 3.8) is 0 Å². The Morgan fingerprint density at radius 3 is 1.58 bits per heavy atom. The highest BCUT2D eigenvalue weighted by molar-refractivity contribution is 6.28. The maximum absolute atomic E-state index is 6.50. The minimum atomic E-state index is 0.163. The molecule has 3 nitrogen and oxygen atoms in total. The van der Waals surface area contributed by atoms with Crippen LogP contribution in [0.3, 0.4) is 0 Å². The molecule has 0 saturated heterocycles. The van der Waals surface area contributed by atoms with Gasteiger partial charge in [-0.2, -0.15) is 9.97 Å². The number of aromatic nitrogens is 3. The number of hydrogen-bond donors (Lipinski definition) is 0. The molecule has 8 aromatic rings. The van der Waals surface area contributed by atoms with Crippen molar-refractivity contribution in [2.24, 2.45) is 0 Å². The first kappa shape index (κ1) is 26.9. The van der Waals surface area contributed by atoms with E-state index in [0.717, 1.165) is 33.4 Å². The molecule has 7 aromatic carbocycles. The van der Waals surface area contributed by atoms with Gasteiger partial charge in [0.2, 0.25) is 5.28 Å². The van der Waals surface area contributed by atoms with Gasteiger partial charge in [0, 0.05) is 11.1 Å². The maximum atomic E-state index is 6.50. The summed E-state index contributed by atoms with van der Waals surface area (Å²) < 4.78 is 0. The maximum Gasteiger partial charge on any atom is 0.226 e. The van der Waals surface area contributed by atoms with Gasteiger partial charge in [-0.05, 0) is 90.8 Å². The van der Waals surface area contributed by atoms with E-state index in [2.05, 4.69) is 137 Å². The van der Waals surface area contributed by atoms with Gasteiger partial charge in [0.1, 0.15) is 0 Å². The summed E-state index contributed by atoms with van der Waals surface area (Å²) in [7, 11) is 0. The SMILES string of the molecule is Clc1nc(-c2cccc(-c3ccc4cc(-c5ccccc5)ccc4c3)c2)nc(-c2cccc(-c3cccc4ccccc34)c2)n1. The molecule has 0 fully saturated rings. The average Bonchev–Trinajstić information content (AvgIpc) is 3.11. The predicted octanol–water partition coefficient (Wildman–Crippen LogP) is 11.2. The number of nitrogens with zero attached hydrogens (tertiary/aromatic N) is 3. The molecule has 0 N–H and O–H groups in total. The lowest BCUT2D eigenvalue weighted by Crippen LogP contribution is -1.97. The summed E-state index contributed by atoms with van der Waals surface area (Å²) >= 11 is 6.50. The van der Waals surface area contributed by atoms with Gasteiger partial charge >= 0.3 is 0 Å². The molecular weight excluding hydrogens is 570 g/mol. The smallest absolute Gasteiger partial charge is 0.208 e. The number of halogens is 1. The van der Waals surface area contributed by atoms with Crippen LogP contribution in [0.1, 0.15) is 0 Å². The molecule has 0 bridgehead atoms. The van der Waals surface area contributed by atoms with Crippen LogP contribution in [0.25, 0.3) is 77.7 Å². The van der Waals surface area contributed by atoms with E-state index in [9.17, 15) is 0 Å². The normalized spacial score (nSPS) is 11.2. The minimum Gasteiger partial charge on any atom is -0.208 e. The van der Waals surface area contributed by atoms with E-state index in [-0.39, 0.29) is 5.28 Å². The van der Waals surface area contributed by atoms with Crippen LogP contribution in [-0.2, 0) is 0 Å². The van der Waals surface area contributed by atoms with Gasteiger partial charge in [0.25, 0.3) is 0 Å². The van der Waals surface area contributed by atoms with Gasteiger partial charge in [-0.25, -0.2) is 4.98 Å². The molecule has 0 atom stereocenters. The van der Waals surface area contributed by atoms with Crippen LogP contribution >= 0.6 is 11.6 Å². The summed E-state index contributed by atoms with van der Waals surface area (Å²) in [5.41, 5.74) is 8.65. The topological polar surface area (TPSA) is 38.7 Å². The van der Waals surface area contributed by atoms with Crippen molar-refractivity contribution in [1.82, 2.24) is 15.0 Å². The third kappa shape index (κ3) is 5.35. The monoisotopic (exact) mass is 595 g/mol. The predicted molar refractivity (Wildman–Crippen MR) is 187 cm³/mol. The fourth-order valence-corrected chi connectivity index (χ4v) is 6.14. The first-order chi connectivity index (χ1) is 22.2. The van der Waals surface area contributed by atoms with E-state index >= 15 is 0 Å². The highest BCUT2D eigenvalue weighted by Crippen LogP contribution is 2.33. The molecule has 0 spiro atoms. The van der Waals surface area contributed by atoms with Crippen LogP contribution in [0.15, 0.2) is 158 Å². The van der Waals surface area contributed by atoms with E-state index < -0.39 is 0 Å². The van der Waals surface area contributed by atoms with Crippen molar-refractivity contribution >= 4 is 33.1 Å². The lowest BCUT2D eigenvalue weighted by atomic mass is 9.97. The number of hydrogen-bond acceptors (Lipinski definition) is 3. The molecule has 0 unspecified atom stereocenters. The summed E-state index contributed by atoms with van der Waals surface area (Å²) in [4.78, 5) is 13.9. The standard InChI is InChI=1S/C41H26ClN3/c42-41-44-39(43-40(45-41)36-16-7-14-34(26-36)38-18-8-12-28-11-4-5-17-37(28)38)35-15-6-13-29(25-35)31-21-22-32-23-30(19-20-33(32)24-31)27-9-2-1-3-10-27/h1-26H. The molecule has 0 saturated carbocycles. The van der Waals surface area contributed by atoms with Gasteiger partial charge in [-0.1, -0.05) is 133 Å². The zero-order valence-electron chi connectivity index (χ0n) is 24.2. The van der Waals surface area contributed by atoms with Crippen LogP contribution < -0.4 is 0 Å². The number of fused-ring (bicyclic) bond motifs is 2. The molecule has 1 aromatic heterocycles. The molecule has 4 heteroatoms. The lowest BCUT2D eigenvalue weighted by molar-refractivity contribution is 1.07. The van der Waals surface area contributed by atoms with E-state index in [0.29, 0.717) is 11.6 Å². The zero-order chi connectivity index (χ0) is 30.2. The number of rotatable bonds is 5. The molecular formula is C41H26ClN3. The molecule has 212 valence electrons. The molecule has 8 rings (SSSR count). The van der Waals surface area contributed by atoms with Crippen molar-refractivity contribution in [3.8, 4) is 56.2 Å². The van der Waals surface area contributed by atoms with E-state index in [4.69, 9.17) is 16.6 Å². The third-order valence-corrected chi connectivity index (χ3v) is 8.40. The van der Waals surface area contributed by atoms with Gasteiger partial charge in [-0.15, -0.1) is 0 Å². The fraction of sp³-hybridized carbons (Fsp3) is 0. The Kier molecular flexibility index (Phi) is 6.86. The second kappa shape index (κ2) is 11.5. The van der Waals surface area contributed by atoms with Crippen LogP contribution in [0, 0.1) is 0 Å². The fourth-order valence-electron chi connectivity index (χ4n) is 5.98. The van der Waals surface area contributed by atoms with Crippen molar-refractivity contribution in [2.45, 2.75) is 0 Å². The van der Waals surface area contributed by atoms with Crippen molar-refractivity contribution in [2.75, 3.05) is 0 Å². The van der Waals surface area contributed by atoms with Crippen LogP contribution in [0.5, 0.6) is 0 Å². The van der Waals surface area contributed by atoms with Crippen molar-refractivity contribution in [3.05, 3.63) is 163 Å². The highest BCUT2D eigenvalue weighted by Gasteiger charge is 2.13. The summed E-state index contributed by atoms with van der Waals surface area (Å²) in [5.74, 6) is 1.08. The summed E-state index contributed by atoms with van der Waals surface area (Å²) in [6, 6.07) is 55.0. The van der Waals surface area contributed by atoms with E-state index in [1.54, 1.807) is 0 Å². The van der Waals surface area contributed by atoms with E-state index in [1.165, 1.54) is 32.7 Å². The average molecular weight is 596 g/mol. The Balaban J connectivity index is 1.13. The van der Waals surface area contributed by atoms with Gasteiger partial charge in [0.05, 0.1) is 0 Å². The van der Waals surface area contributed by atoms with Crippen molar-refractivity contribution in [1.29, 1.82) is 0 Å². The highest BCUT2D eigenvalue weighted by atomic mass is 35.5. The van der Waals surface area contributed by atoms with Crippen LogP contribution in [0.2, 0.25) is 5.28 Å². The first-order valence-corrected chi connectivity index (χ1v) is 15.3. The molecule has 45 heavy (non-hydrogen) atoms. The zero-order valence-corrected chi connectivity index (χ0v) is 25.0.